The van der Waals surface area contributed by atoms with Crippen molar-refractivity contribution in [2.75, 3.05) is 0 Å². The highest BCUT2D eigenvalue weighted by molar-refractivity contribution is 6.07. The molecule has 2 aromatic heterocycles. The van der Waals surface area contributed by atoms with Gasteiger partial charge in [-0.2, -0.15) is 0 Å². The molecule has 0 saturated heterocycles. The topological polar surface area (TPSA) is 8.81 Å². The van der Waals surface area contributed by atoms with Gasteiger partial charge in [-0.3, -0.25) is 0 Å². The third-order valence-electron chi connectivity index (χ3n) is 5.73. The molecule has 28 heavy (non-hydrogen) atoms. The van der Waals surface area contributed by atoms with Gasteiger partial charge in [0, 0.05) is 35.1 Å². The van der Waals surface area contributed by atoms with E-state index in [9.17, 15) is 0 Å². The van der Waals surface area contributed by atoms with E-state index in [4.69, 9.17) is 0 Å². The summed E-state index contributed by atoms with van der Waals surface area (Å²) in [7, 11) is 2.13. The number of aromatic nitrogens is 2. The van der Waals surface area contributed by atoms with Crippen LogP contribution in [0.2, 0.25) is 0 Å². The lowest BCUT2D eigenvalue weighted by atomic mass is 9.97. The standard InChI is InChI=1S/C25H23N2.ClH/c1-4-27-13-12-18-8-9-20(15-24(18)27)19-10-11-23-22(14-19)25-17(2)6-5-7-21(25)16-26(23)3;/h5-16H,4H2,1-3H3;1H/q+1;/p-1. The molecule has 0 atom stereocenters. The van der Waals surface area contributed by atoms with Crippen molar-refractivity contribution < 1.29 is 17.0 Å². The Bertz CT molecular complexity index is 1330. The van der Waals surface area contributed by atoms with Crippen LogP contribution in [-0.4, -0.2) is 4.57 Å². The van der Waals surface area contributed by atoms with Crippen LogP contribution in [0.3, 0.4) is 0 Å². The van der Waals surface area contributed by atoms with Gasteiger partial charge in [0.05, 0.1) is 5.39 Å². The molecule has 3 aromatic carbocycles. The molecule has 0 N–H and O–H groups in total. The molecule has 0 aliphatic heterocycles. The molecule has 2 nitrogen and oxygen atoms in total. The third kappa shape index (κ3) is 2.76. The van der Waals surface area contributed by atoms with E-state index in [0.717, 1.165) is 6.54 Å². The van der Waals surface area contributed by atoms with Crippen molar-refractivity contribution in [2.45, 2.75) is 20.4 Å². The van der Waals surface area contributed by atoms with Crippen molar-refractivity contribution in [1.82, 2.24) is 4.57 Å². The normalized spacial score (nSPS) is 11.2. The molecule has 0 amide bonds. The van der Waals surface area contributed by atoms with E-state index in [0.29, 0.717) is 0 Å². The maximum Gasteiger partial charge on any atom is 0.212 e. The fraction of sp³-hybridized carbons (Fsp3) is 0.160. The molecule has 0 radical (unpaired) electrons. The van der Waals surface area contributed by atoms with E-state index >= 15 is 0 Å². The number of rotatable bonds is 2. The second kappa shape index (κ2) is 6.96. The number of halogens is 1. The van der Waals surface area contributed by atoms with Crippen LogP contribution in [-0.2, 0) is 13.6 Å². The van der Waals surface area contributed by atoms with Crippen LogP contribution in [0.5, 0.6) is 0 Å². The second-order valence-corrected chi connectivity index (χ2v) is 7.39. The summed E-state index contributed by atoms with van der Waals surface area (Å²) in [4.78, 5) is 0. The van der Waals surface area contributed by atoms with Crippen LogP contribution < -0.4 is 17.0 Å². The molecule has 0 bridgehead atoms. The Morgan fingerprint density at radius 1 is 0.893 bits per heavy atom. The van der Waals surface area contributed by atoms with E-state index in [2.05, 4.69) is 103 Å². The summed E-state index contributed by atoms with van der Waals surface area (Å²) in [6, 6.07) is 22.4. The zero-order chi connectivity index (χ0) is 18.5. The number of hydrogen-bond acceptors (Lipinski definition) is 0. The summed E-state index contributed by atoms with van der Waals surface area (Å²) in [6.45, 7) is 5.38. The molecule has 0 saturated carbocycles. The van der Waals surface area contributed by atoms with E-state index < -0.39 is 0 Å². The number of benzene rings is 3. The van der Waals surface area contributed by atoms with Crippen molar-refractivity contribution in [1.29, 1.82) is 0 Å². The Morgan fingerprint density at radius 3 is 2.50 bits per heavy atom. The molecule has 3 heteroatoms. The SMILES string of the molecule is CCn1ccc2ccc(-c3ccc4c(c3)c3c(C)cccc3c[n+]4C)cc21.[Cl-]. The van der Waals surface area contributed by atoms with Gasteiger partial charge in [-0.25, -0.2) is 4.57 Å². The number of fused-ring (bicyclic) bond motifs is 4. The first-order valence-corrected chi connectivity index (χ1v) is 9.56. The average Bonchev–Trinajstić information content (AvgIpc) is 3.10. The fourth-order valence-corrected chi connectivity index (χ4v) is 4.31. The van der Waals surface area contributed by atoms with E-state index in [1.54, 1.807) is 0 Å². The van der Waals surface area contributed by atoms with Crippen LogP contribution in [0.25, 0.3) is 43.7 Å². The number of hydrogen-bond donors (Lipinski definition) is 0. The summed E-state index contributed by atoms with van der Waals surface area (Å²) in [5, 5.41) is 5.26. The number of nitrogens with zero attached hydrogens (tertiary/aromatic N) is 2. The lowest BCUT2D eigenvalue weighted by Crippen LogP contribution is -3.00. The fourth-order valence-electron chi connectivity index (χ4n) is 4.31. The summed E-state index contributed by atoms with van der Waals surface area (Å²) >= 11 is 0. The van der Waals surface area contributed by atoms with Gasteiger partial charge in [0.15, 0.2) is 6.20 Å². The summed E-state index contributed by atoms with van der Waals surface area (Å²) in [6.07, 6.45) is 4.40. The lowest BCUT2D eigenvalue weighted by Gasteiger charge is -2.09. The Morgan fingerprint density at radius 2 is 1.68 bits per heavy atom. The third-order valence-corrected chi connectivity index (χ3v) is 5.73. The van der Waals surface area contributed by atoms with Gasteiger partial charge in [0.1, 0.15) is 7.05 Å². The monoisotopic (exact) mass is 386 g/mol. The average molecular weight is 387 g/mol. The summed E-state index contributed by atoms with van der Waals surface area (Å²) < 4.78 is 4.53. The van der Waals surface area contributed by atoms with Crippen LogP contribution >= 0.6 is 0 Å². The number of aryl methyl sites for hydroxylation is 3. The highest BCUT2D eigenvalue weighted by Crippen LogP contribution is 2.31. The van der Waals surface area contributed by atoms with E-state index in [1.807, 2.05) is 0 Å². The van der Waals surface area contributed by atoms with Gasteiger partial charge >= 0.3 is 0 Å². The largest absolute Gasteiger partial charge is 1.00 e. The maximum absolute atomic E-state index is 2.35. The van der Waals surface area contributed by atoms with Crippen LogP contribution in [0.15, 0.2) is 73.1 Å². The van der Waals surface area contributed by atoms with Gasteiger partial charge in [-0.05, 0) is 66.3 Å². The Kier molecular flexibility index (Phi) is 4.60. The van der Waals surface area contributed by atoms with Crippen molar-refractivity contribution in [3.8, 4) is 11.1 Å². The predicted molar refractivity (Wildman–Crippen MR) is 114 cm³/mol. The Hall–Kier alpha value is -2.84. The predicted octanol–water partition coefficient (Wildman–Crippen LogP) is 2.77. The molecule has 0 spiro atoms. The molecule has 5 aromatic rings. The van der Waals surface area contributed by atoms with Gasteiger partial charge < -0.3 is 17.0 Å². The molecule has 0 unspecified atom stereocenters. The van der Waals surface area contributed by atoms with Crippen molar-refractivity contribution in [3.05, 3.63) is 78.6 Å². The van der Waals surface area contributed by atoms with E-state index in [1.165, 1.54) is 49.3 Å². The van der Waals surface area contributed by atoms with Gasteiger partial charge in [-0.15, -0.1) is 0 Å². The van der Waals surface area contributed by atoms with Gasteiger partial charge in [0.2, 0.25) is 5.52 Å². The first kappa shape index (κ1) is 18.5. The second-order valence-electron chi connectivity index (χ2n) is 7.39. The molecular formula is C25H23ClN2. The zero-order valence-corrected chi connectivity index (χ0v) is 17.2. The van der Waals surface area contributed by atoms with Crippen molar-refractivity contribution in [3.63, 3.8) is 0 Å². The molecule has 0 aliphatic carbocycles. The maximum atomic E-state index is 2.35. The van der Waals surface area contributed by atoms with Crippen LogP contribution in [0, 0.1) is 6.92 Å². The van der Waals surface area contributed by atoms with Crippen LogP contribution in [0.1, 0.15) is 12.5 Å². The minimum absolute atomic E-state index is 0. The first-order valence-electron chi connectivity index (χ1n) is 9.56. The summed E-state index contributed by atoms with van der Waals surface area (Å²) in [5.74, 6) is 0. The van der Waals surface area contributed by atoms with Crippen molar-refractivity contribution >= 4 is 32.6 Å². The van der Waals surface area contributed by atoms with Gasteiger partial charge in [-0.1, -0.05) is 24.3 Å². The highest BCUT2D eigenvalue weighted by atomic mass is 35.5. The zero-order valence-electron chi connectivity index (χ0n) is 16.4. The number of pyridine rings is 1. The Balaban J connectivity index is 0.00000192. The molecule has 0 aliphatic rings. The van der Waals surface area contributed by atoms with E-state index in [-0.39, 0.29) is 12.4 Å². The smallest absolute Gasteiger partial charge is 0.212 e. The minimum atomic E-state index is 0. The minimum Gasteiger partial charge on any atom is -1.00 e. The quantitative estimate of drug-likeness (QED) is 0.326. The molecule has 140 valence electrons. The van der Waals surface area contributed by atoms with Gasteiger partial charge in [0.25, 0.3) is 0 Å². The lowest BCUT2D eigenvalue weighted by molar-refractivity contribution is -0.643. The summed E-state index contributed by atoms with van der Waals surface area (Å²) in [5.41, 5.74) is 6.42. The van der Waals surface area contributed by atoms with Crippen molar-refractivity contribution in [2.24, 2.45) is 7.05 Å². The molecular weight excluding hydrogens is 364 g/mol. The first-order chi connectivity index (χ1) is 13.2. The molecule has 0 fully saturated rings. The Labute approximate surface area is 171 Å². The van der Waals surface area contributed by atoms with Crippen LogP contribution in [0.4, 0.5) is 0 Å². The molecule has 5 rings (SSSR count). The molecule has 2 heterocycles. The highest BCUT2D eigenvalue weighted by Gasteiger charge is 2.13.